The molecule has 2 unspecified atom stereocenters. The smallest absolute Gasteiger partial charge is 0.161 e. The number of benzene rings is 1. The topological polar surface area (TPSA) is 47.7 Å². The van der Waals surface area contributed by atoms with Gasteiger partial charge in [0.1, 0.15) is 0 Å². The molecule has 21 heavy (non-hydrogen) atoms. The summed E-state index contributed by atoms with van der Waals surface area (Å²) in [6.45, 7) is 10.7. The lowest BCUT2D eigenvalue weighted by Crippen LogP contribution is -2.28. The zero-order chi connectivity index (χ0) is 15.2. The summed E-state index contributed by atoms with van der Waals surface area (Å²) >= 11 is 0. The molecule has 4 nitrogen and oxygen atoms in total. The van der Waals surface area contributed by atoms with Crippen molar-refractivity contribution in [3.63, 3.8) is 0 Å². The first-order valence-corrected chi connectivity index (χ1v) is 8.00. The highest BCUT2D eigenvalue weighted by atomic mass is 16.5. The zero-order valence-electron chi connectivity index (χ0n) is 13.5. The van der Waals surface area contributed by atoms with E-state index in [0.717, 1.165) is 44.2 Å². The third kappa shape index (κ3) is 4.35. The van der Waals surface area contributed by atoms with Gasteiger partial charge >= 0.3 is 0 Å². The van der Waals surface area contributed by atoms with E-state index in [2.05, 4.69) is 30.9 Å². The van der Waals surface area contributed by atoms with Gasteiger partial charge in [0.2, 0.25) is 0 Å². The summed E-state index contributed by atoms with van der Waals surface area (Å²) in [6, 6.07) is 6.55. The van der Waals surface area contributed by atoms with Crippen LogP contribution >= 0.6 is 0 Å². The molecular formula is C17H28N2O2. The van der Waals surface area contributed by atoms with Crippen molar-refractivity contribution in [1.82, 2.24) is 4.90 Å². The summed E-state index contributed by atoms with van der Waals surface area (Å²) in [4.78, 5) is 2.41. The van der Waals surface area contributed by atoms with Crippen LogP contribution in [0.1, 0.15) is 32.8 Å². The molecule has 2 atom stereocenters. The lowest BCUT2D eigenvalue weighted by molar-refractivity contribution is 0.275. The van der Waals surface area contributed by atoms with Gasteiger partial charge in [0.15, 0.2) is 11.5 Å². The van der Waals surface area contributed by atoms with E-state index < -0.39 is 0 Å². The molecule has 1 aromatic carbocycles. The van der Waals surface area contributed by atoms with Crippen LogP contribution in [0.25, 0.3) is 0 Å². The van der Waals surface area contributed by atoms with E-state index in [0.29, 0.717) is 18.6 Å². The molecule has 0 saturated carbocycles. The van der Waals surface area contributed by atoms with Gasteiger partial charge in [-0.15, -0.1) is 0 Å². The van der Waals surface area contributed by atoms with Crippen LogP contribution in [0.4, 0.5) is 0 Å². The van der Waals surface area contributed by atoms with Gasteiger partial charge in [-0.25, -0.2) is 0 Å². The third-order valence-electron chi connectivity index (χ3n) is 3.92. The SMILES string of the molecule is CCCOc1ccc(CN2CC(C)C(N)C2)cc1OCC. The molecule has 0 aromatic heterocycles. The van der Waals surface area contributed by atoms with Gasteiger partial charge < -0.3 is 15.2 Å². The Morgan fingerprint density at radius 1 is 1.19 bits per heavy atom. The molecular weight excluding hydrogens is 264 g/mol. The quantitative estimate of drug-likeness (QED) is 0.839. The van der Waals surface area contributed by atoms with Crippen molar-refractivity contribution in [2.45, 2.75) is 39.8 Å². The average Bonchev–Trinajstić information content (AvgIpc) is 2.77. The lowest BCUT2D eigenvalue weighted by atomic mass is 10.1. The summed E-state index contributed by atoms with van der Waals surface area (Å²) in [5.74, 6) is 2.26. The van der Waals surface area contributed by atoms with Crippen LogP contribution in [-0.4, -0.2) is 37.2 Å². The normalized spacial score (nSPS) is 22.5. The molecule has 0 radical (unpaired) electrons. The molecule has 0 amide bonds. The molecule has 4 heteroatoms. The molecule has 1 aromatic rings. The standard InChI is InChI=1S/C17H28N2O2/c1-4-8-21-16-7-6-14(9-17(16)20-5-2)11-19-10-13(3)15(18)12-19/h6-7,9,13,15H,4-5,8,10-12,18H2,1-3H3. The minimum atomic E-state index is 0.295. The number of rotatable bonds is 7. The summed E-state index contributed by atoms with van der Waals surface area (Å²) in [5, 5.41) is 0. The zero-order valence-corrected chi connectivity index (χ0v) is 13.5. The summed E-state index contributed by atoms with van der Waals surface area (Å²) < 4.78 is 11.5. The van der Waals surface area contributed by atoms with E-state index in [9.17, 15) is 0 Å². The Bertz CT molecular complexity index is 440. The average molecular weight is 292 g/mol. The Kier molecular flexibility index (Phi) is 5.88. The van der Waals surface area contributed by atoms with Gasteiger partial charge in [0, 0.05) is 25.7 Å². The number of likely N-dealkylation sites (tertiary alicyclic amines) is 1. The van der Waals surface area contributed by atoms with E-state index >= 15 is 0 Å². The Morgan fingerprint density at radius 2 is 2.00 bits per heavy atom. The number of hydrogen-bond acceptors (Lipinski definition) is 4. The van der Waals surface area contributed by atoms with Crippen LogP contribution in [0.15, 0.2) is 18.2 Å². The van der Waals surface area contributed by atoms with Crippen molar-refractivity contribution in [2.24, 2.45) is 11.7 Å². The molecule has 1 aliphatic heterocycles. The van der Waals surface area contributed by atoms with Crippen LogP contribution in [0.3, 0.4) is 0 Å². The molecule has 2 N–H and O–H groups in total. The minimum absolute atomic E-state index is 0.295. The fraction of sp³-hybridized carbons (Fsp3) is 0.647. The fourth-order valence-electron chi connectivity index (χ4n) is 2.73. The Balaban J connectivity index is 2.04. The van der Waals surface area contributed by atoms with Crippen LogP contribution in [0, 0.1) is 5.92 Å². The van der Waals surface area contributed by atoms with Crippen molar-refractivity contribution in [2.75, 3.05) is 26.3 Å². The Morgan fingerprint density at radius 3 is 2.62 bits per heavy atom. The minimum Gasteiger partial charge on any atom is -0.490 e. The molecule has 118 valence electrons. The van der Waals surface area contributed by atoms with Crippen molar-refractivity contribution in [1.29, 1.82) is 0 Å². The Labute approximate surface area is 128 Å². The first kappa shape index (κ1) is 16.1. The highest BCUT2D eigenvalue weighted by molar-refractivity contribution is 5.43. The van der Waals surface area contributed by atoms with Gasteiger partial charge in [-0.2, -0.15) is 0 Å². The summed E-state index contributed by atoms with van der Waals surface area (Å²) in [7, 11) is 0. The number of ether oxygens (including phenoxy) is 2. The highest BCUT2D eigenvalue weighted by Gasteiger charge is 2.26. The van der Waals surface area contributed by atoms with Crippen molar-refractivity contribution in [3.8, 4) is 11.5 Å². The first-order chi connectivity index (χ1) is 10.1. The van der Waals surface area contributed by atoms with E-state index in [1.165, 1.54) is 5.56 Å². The second-order valence-electron chi connectivity index (χ2n) is 5.90. The van der Waals surface area contributed by atoms with Crippen LogP contribution < -0.4 is 15.2 Å². The highest BCUT2D eigenvalue weighted by Crippen LogP contribution is 2.29. The summed E-state index contributed by atoms with van der Waals surface area (Å²) in [5.41, 5.74) is 7.35. The Hall–Kier alpha value is -1.26. The molecule has 1 aliphatic rings. The number of nitrogens with zero attached hydrogens (tertiary/aromatic N) is 1. The summed E-state index contributed by atoms with van der Waals surface area (Å²) in [6.07, 6.45) is 0.997. The molecule has 0 spiro atoms. The van der Waals surface area contributed by atoms with Gasteiger partial charge in [0.25, 0.3) is 0 Å². The third-order valence-corrected chi connectivity index (χ3v) is 3.92. The second kappa shape index (κ2) is 7.66. The van der Waals surface area contributed by atoms with Crippen molar-refractivity contribution < 1.29 is 9.47 Å². The second-order valence-corrected chi connectivity index (χ2v) is 5.90. The molecule has 1 fully saturated rings. The van der Waals surface area contributed by atoms with Gasteiger partial charge in [0.05, 0.1) is 13.2 Å². The number of nitrogens with two attached hydrogens (primary N) is 1. The maximum Gasteiger partial charge on any atom is 0.161 e. The lowest BCUT2D eigenvalue weighted by Gasteiger charge is -2.17. The van der Waals surface area contributed by atoms with Gasteiger partial charge in [-0.3, -0.25) is 4.90 Å². The van der Waals surface area contributed by atoms with Gasteiger partial charge in [-0.1, -0.05) is 19.9 Å². The van der Waals surface area contributed by atoms with E-state index in [1.807, 2.05) is 13.0 Å². The van der Waals surface area contributed by atoms with Crippen LogP contribution in [-0.2, 0) is 6.54 Å². The number of hydrogen-bond donors (Lipinski definition) is 1. The molecule has 0 aliphatic carbocycles. The maximum absolute atomic E-state index is 6.09. The van der Waals surface area contributed by atoms with E-state index in [-0.39, 0.29) is 0 Å². The predicted octanol–water partition coefficient (Wildman–Crippen LogP) is 2.65. The predicted molar refractivity (Wildman–Crippen MR) is 85.8 cm³/mol. The molecule has 0 bridgehead atoms. The van der Waals surface area contributed by atoms with E-state index in [1.54, 1.807) is 0 Å². The molecule has 1 saturated heterocycles. The van der Waals surface area contributed by atoms with Crippen molar-refractivity contribution >= 4 is 0 Å². The fourth-order valence-corrected chi connectivity index (χ4v) is 2.73. The largest absolute Gasteiger partial charge is 0.490 e. The maximum atomic E-state index is 6.09. The van der Waals surface area contributed by atoms with Crippen LogP contribution in [0.5, 0.6) is 11.5 Å². The van der Waals surface area contributed by atoms with Crippen molar-refractivity contribution in [3.05, 3.63) is 23.8 Å². The monoisotopic (exact) mass is 292 g/mol. The molecule has 2 rings (SSSR count). The van der Waals surface area contributed by atoms with Crippen LogP contribution in [0.2, 0.25) is 0 Å². The molecule has 1 heterocycles. The van der Waals surface area contributed by atoms with E-state index in [4.69, 9.17) is 15.2 Å². The van der Waals surface area contributed by atoms with Gasteiger partial charge in [-0.05, 0) is 37.0 Å². The first-order valence-electron chi connectivity index (χ1n) is 8.00.